The van der Waals surface area contributed by atoms with Gasteiger partial charge in [-0.2, -0.15) is 0 Å². The highest BCUT2D eigenvalue weighted by atomic mass is 35.7. The summed E-state index contributed by atoms with van der Waals surface area (Å²) in [5, 5.41) is 0. The van der Waals surface area contributed by atoms with E-state index in [1.807, 2.05) is 0 Å². The van der Waals surface area contributed by atoms with Gasteiger partial charge >= 0.3 is 0 Å². The topological polar surface area (TPSA) is 43.4 Å². The van der Waals surface area contributed by atoms with Crippen molar-refractivity contribution in [3.63, 3.8) is 0 Å². The number of benzene rings is 1. The number of hydrogen-bond donors (Lipinski definition) is 0. The summed E-state index contributed by atoms with van der Waals surface area (Å²) >= 11 is 0. The van der Waals surface area contributed by atoms with Gasteiger partial charge < -0.3 is 4.74 Å². The monoisotopic (exact) mass is 260 g/mol. The van der Waals surface area contributed by atoms with Gasteiger partial charge in [-0.1, -0.05) is 12.7 Å². The molecule has 0 radical (unpaired) electrons. The van der Waals surface area contributed by atoms with Gasteiger partial charge in [0.05, 0.1) is 4.90 Å². The number of rotatable bonds is 4. The fourth-order valence-electron chi connectivity index (χ4n) is 1.33. The molecule has 1 rings (SSSR count). The Morgan fingerprint density at radius 1 is 1.38 bits per heavy atom. The fraction of sp³-hybridized carbons (Fsp3) is 0.273. The molecule has 16 heavy (non-hydrogen) atoms. The molecule has 0 unspecified atom stereocenters. The van der Waals surface area contributed by atoms with Crippen LogP contribution in [0, 0.1) is 13.8 Å². The molecule has 0 aliphatic rings. The summed E-state index contributed by atoms with van der Waals surface area (Å²) in [4.78, 5) is 0.123. The third-order valence-electron chi connectivity index (χ3n) is 2.09. The molecule has 0 fully saturated rings. The molecule has 1 aromatic rings. The van der Waals surface area contributed by atoms with Gasteiger partial charge in [-0.3, -0.25) is 0 Å². The SMILES string of the molecule is C=CCOc1cc(C)c(S(=O)(=O)Cl)cc1C. The smallest absolute Gasteiger partial charge is 0.261 e. The van der Waals surface area contributed by atoms with E-state index in [0.29, 0.717) is 17.9 Å². The predicted octanol–water partition coefficient (Wildman–Crippen LogP) is 2.80. The van der Waals surface area contributed by atoms with Crippen LogP contribution in [0.2, 0.25) is 0 Å². The highest BCUT2D eigenvalue weighted by molar-refractivity contribution is 8.13. The normalized spacial score (nSPS) is 11.2. The predicted molar refractivity (Wildman–Crippen MR) is 64.6 cm³/mol. The molecule has 0 bridgehead atoms. The minimum Gasteiger partial charge on any atom is -0.489 e. The van der Waals surface area contributed by atoms with Crippen LogP contribution < -0.4 is 4.74 Å². The van der Waals surface area contributed by atoms with Gasteiger partial charge in [0.2, 0.25) is 0 Å². The molecular weight excluding hydrogens is 248 g/mol. The van der Waals surface area contributed by atoms with E-state index in [4.69, 9.17) is 15.4 Å². The first-order chi connectivity index (χ1) is 7.36. The van der Waals surface area contributed by atoms with E-state index in [0.717, 1.165) is 5.56 Å². The summed E-state index contributed by atoms with van der Waals surface area (Å²) in [6, 6.07) is 3.17. The van der Waals surface area contributed by atoms with Crippen molar-refractivity contribution >= 4 is 19.7 Å². The van der Waals surface area contributed by atoms with Crippen molar-refractivity contribution in [1.82, 2.24) is 0 Å². The lowest BCUT2D eigenvalue weighted by Gasteiger charge is -2.10. The van der Waals surface area contributed by atoms with Gasteiger partial charge in [0.25, 0.3) is 9.05 Å². The molecular formula is C11H13ClO3S. The lowest BCUT2D eigenvalue weighted by molar-refractivity contribution is 0.360. The minimum absolute atomic E-state index is 0.123. The molecule has 0 aromatic heterocycles. The Morgan fingerprint density at radius 2 is 2.00 bits per heavy atom. The molecule has 0 aliphatic carbocycles. The van der Waals surface area contributed by atoms with E-state index < -0.39 is 9.05 Å². The van der Waals surface area contributed by atoms with Crippen LogP contribution in [-0.2, 0) is 9.05 Å². The second-order valence-electron chi connectivity index (χ2n) is 3.42. The molecule has 0 saturated heterocycles. The van der Waals surface area contributed by atoms with Gasteiger partial charge in [0.1, 0.15) is 12.4 Å². The average molecular weight is 261 g/mol. The highest BCUT2D eigenvalue weighted by Crippen LogP contribution is 2.27. The van der Waals surface area contributed by atoms with Crippen LogP contribution in [0.1, 0.15) is 11.1 Å². The van der Waals surface area contributed by atoms with Crippen LogP contribution in [0.15, 0.2) is 29.7 Å². The van der Waals surface area contributed by atoms with Gasteiger partial charge in [-0.15, -0.1) is 0 Å². The van der Waals surface area contributed by atoms with E-state index in [1.165, 1.54) is 6.07 Å². The first-order valence-corrected chi connectivity index (χ1v) is 6.97. The van der Waals surface area contributed by atoms with Crippen molar-refractivity contribution in [3.8, 4) is 5.75 Å². The summed E-state index contributed by atoms with van der Waals surface area (Å²) in [5.41, 5.74) is 1.30. The highest BCUT2D eigenvalue weighted by Gasteiger charge is 2.15. The van der Waals surface area contributed by atoms with Crippen molar-refractivity contribution < 1.29 is 13.2 Å². The maximum Gasteiger partial charge on any atom is 0.261 e. The Labute approximate surface area is 100 Å². The maximum atomic E-state index is 11.2. The maximum absolute atomic E-state index is 11.2. The van der Waals surface area contributed by atoms with Crippen LogP contribution in [0.3, 0.4) is 0 Å². The lowest BCUT2D eigenvalue weighted by atomic mass is 10.1. The Hall–Kier alpha value is -1.00. The zero-order valence-corrected chi connectivity index (χ0v) is 10.7. The molecule has 0 aliphatic heterocycles. The standard InChI is InChI=1S/C11H13ClO3S/c1-4-5-15-10-6-9(3)11(7-8(10)2)16(12,13)14/h4,6-7H,1,5H2,2-3H3. The number of halogens is 1. The summed E-state index contributed by atoms with van der Waals surface area (Å²) in [6.45, 7) is 7.37. The first kappa shape index (κ1) is 13.1. The van der Waals surface area contributed by atoms with E-state index in [9.17, 15) is 8.42 Å². The summed E-state index contributed by atoms with van der Waals surface area (Å²) in [7, 11) is 1.61. The molecule has 0 amide bonds. The van der Waals surface area contributed by atoms with Gasteiger partial charge in [0, 0.05) is 10.7 Å². The van der Waals surface area contributed by atoms with Crippen LogP contribution in [0.4, 0.5) is 0 Å². The van der Waals surface area contributed by atoms with E-state index in [1.54, 1.807) is 26.0 Å². The molecule has 0 heterocycles. The fourth-order valence-corrected chi connectivity index (χ4v) is 2.59. The molecule has 3 nitrogen and oxygen atoms in total. The van der Waals surface area contributed by atoms with Crippen molar-refractivity contribution in [2.75, 3.05) is 6.61 Å². The molecule has 0 spiro atoms. The Kier molecular flexibility index (Phi) is 3.99. The number of hydrogen-bond acceptors (Lipinski definition) is 3. The third kappa shape index (κ3) is 3.00. The van der Waals surface area contributed by atoms with Gasteiger partial charge in [0.15, 0.2) is 0 Å². The quantitative estimate of drug-likeness (QED) is 0.618. The summed E-state index contributed by atoms with van der Waals surface area (Å²) < 4.78 is 27.9. The van der Waals surface area contributed by atoms with Crippen molar-refractivity contribution in [2.45, 2.75) is 18.7 Å². The molecule has 0 saturated carbocycles. The zero-order chi connectivity index (χ0) is 12.3. The van der Waals surface area contributed by atoms with Crippen LogP contribution in [0.5, 0.6) is 5.75 Å². The largest absolute Gasteiger partial charge is 0.489 e. The summed E-state index contributed by atoms with van der Waals surface area (Å²) in [5.74, 6) is 0.640. The van der Waals surface area contributed by atoms with E-state index in [-0.39, 0.29) is 4.90 Å². The third-order valence-corrected chi connectivity index (χ3v) is 3.56. The van der Waals surface area contributed by atoms with Crippen molar-refractivity contribution in [1.29, 1.82) is 0 Å². The van der Waals surface area contributed by atoms with Crippen molar-refractivity contribution in [3.05, 3.63) is 35.9 Å². The first-order valence-electron chi connectivity index (χ1n) is 4.66. The average Bonchev–Trinajstić information content (AvgIpc) is 2.17. The van der Waals surface area contributed by atoms with E-state index >= 15 is 0 Å². The lowest BCUT2D eigenvalue weighted by Crippen LogP contribution is -2.00. The van der Waals surface area contributed by atoms with Crippen LogP contribution in [-0.4, -0.2) is 15.0 Å². The number of aryl methyl sites for hydroxylation is 2. The number of ether oxygens (including phenoxy) is 1. The Balaban J connectivity index is 3.22. The van der Waals surface area contributed by atoms with Crippen LogP contribution in [0.25, 0.3) is 0 Å². The van der Waals surface area contributed by atoms with Crippen molar-refractivity contribution in [2.24, 2.45) is 0 Å². The van der Waals surface area contributed by atoms with Crippen LogP contribution >= 0.6 is 10.7 Å². The second kappa shape index (κ2) is 4.89. The Morgan fingerprint density at radius 3 is 2.50 bits per heavy atom. The molecule has 1 aromatic carbocycles. The summed E-state index contributed by atoms with van der Waals surface area (Å²) in [6.07, 6.45) is 1.63. The molecule has 0 atom stereocenters. The zero-order valence-electron chi connectivity index (χ0n) is 9.16. The molecule has 88 valence electrons. The minimum atomic E-state index is -3.70. The van der Waals surface area contributed by atoms with E-state index in [2.05, 4.69) is 6.58 Å². The second-order valence-corrected chi connectivity index (χ2v) is 5.96. The van der Waals surface area contributed by atoms with Gasteiger partial charge in [-0.05, 0) is 37.1 Å². The Bertz CT molecular complexity index is 506. The molecule has 5 heteroatoms. The molecule has 0 N–H and O–H groups in total. The van der Waals surface area contributed by atoms with Gasteiger partial charge in [-0.25, -0.2) is 8.42 Å².